The molecule has 2 unspecified atom stereocenters. The zero-order chi connectivity index (χ0) is 21.4. The third kappa shape index (κ3) is 13.9. The van der Waals surface area contributed by atoms with Gasteiger partial charge in [0.05, 0.1) is 11.8 Å². The second kappa shape index (κ2) is 15.7. The molecule has 0 aliphatic heterocycles. The van der Waals surface area contributed by atoms with Crippen molar-refractivity contribution in [3.8, 4) is 0 Å². The number of hydrogen-bond donors (Lipinski definition) is 4. The Kier molecular flexibility index (Phi) is 15.1. The minimum atomic E-state index is -1.64. The van der Waals surface area contributed by atoms with Gasteiger partial charge < -0.3 is 20.4 Å². The summed E-state index contributed by atoms with van der Waals surface area (Å²) >= 11 is 0. The quantitative estimate of drug-likeness (QED) is 0.179. The van der Waals surface area contributed by atoms with Gasteiger partial charge in [-0.15, -0.1) is 0 Å². The lowest BCUT2D eigenvalue weighted by Gasteiger charge is -2.22. The van der Waals surface area contributed by atoms with Crippen LogP contribution in [-0.4, -0.2) is 38.2 Å². The summed E-state index contributed by atoms with van der Waals surface area (Å²) in [6.07, 6.45) is 11.7. The van der Waals surface area contributed by atoms with E-state index in [4.69, 9.17) is 10.2 Å². The third-order valence-corrected chi connectivity index (χ3v) is 5.69. The molecule has 4 N–H and O–H groups in total. The van der Waals surface area contributed by atoms with E-state index in [0.717, 1.165) is 51.4 Å². The van der Waals surface area contributed by atoms with Gasteiger partial charge in [-0.3, -0.25) is 9.59 Å². The molecule has 0 rings (SSSR count). The van der Waals surface area contributed by atoms with Crippen LogP contribution < -0.4 is 0 Å². The van der Waals surface area contributed by atoms with Crippen molar-refractivity contribution in [1.82, 2.24) is 0 Å². The summed E-state index contributed by atoms with van der Waals surface area (Å²) in [5.74, 6) is -3.64. The standard InChI is InChI=1S/C22H42O6/c1-3-18(20(23)24)14-10-8-6-5-7-9-12-16-22(27,28)17-13-11-15-19(4-2)21(25)26/h18-19,27-28H,3-17H2,1-2H3,(H,23,24)(H,25,26). The van der Waals surface area contributed by atoms with E-state index in [1.165, 1.54) is 0 Å². The maximum atomic E-state index is 11.0. The summed E-state index contributed by atoms with van der Waals surface area (Å²) in [4.78, 5) is 21.9. The predicted molar refractivity (Wildman–Crippen MR) is 110 cm³/mol. The summed E-state index contributed by atoms with van der Waals surface area (Å²) < 4.78 is 0. The van der Waals surface area contributed by atoms with Gasteiger partial charge in [0.2, 0.25) is 0 Å². The molecule has 0 aromatic carbocycles. The van der Waals surface area contributed by atoms with Crippen molar-refractivity contribution in [3.63, 3.8) is 0 Å². The Morgan fingerprint density at radius 1 is 0.643 bits per heavy atom. The molecule has 0 aliphatic carbocycles. The first-order valence-corrected chi connectivity index (χ1v) is 11.1. The van der Waals surface area contributed by atoms with Gasteiger partial charge in [-0.1, -0.05) is 58.8 Å². The number of unbranched alkanes of at least 4 members (excludes halogenated alkanes) is 7. The summed E-state index contributed by atoms with van der Waals surface area (Å²) in [6, 6.07) is 0. The number of carboxylic acid groups (broad SMARTS) is 2. The second-order valence-electron chi connectivity index (χ2n) is 8.13. The average Bonchev–Trinajstić information content (AvgIpc) is 2.62. The van der Waals surface area contributed by atoms with E-state index >= 15 is 0 Å². The Hall–Kier alpha value is -1.14. The van der Waals surface area contributed by atoms with Gasteiger partial charge in [0, 0.05) is 12.8 Å². The highest BCUT2D eigenvalue weighted by Gasteiger charge is 2.22. The van der Waals surface area contributed by atoms with Crippen LogP contribution in [0.4, 0.5) is 0 Å². The molecule has 0 aliphatic rings. The molecule has 0 amide bonds. The van der Waals surface area contributed by atoms with Gasteiger partial charge in [0.1, 0.15) is 0 Å². The Labute approximate surface area is 170 Å². The topological polar surface area (TPSA) is 115 Å². The molecule has 0 bridgehead atoms. The molecule has 0 saturated carbocycles. The van der Waals surface area contributed by atoms with Crippen molar-refractivity contribution in [2.45, 2.75) is 116 Å². The van der Waals surface area contributed by atoms with Gasteiger partial charge in [-0.25, -0.2) is 0 Å². The lowest BCUT2D eigenvalue weighted by Crippen LogP contribution is -2.27. The molecule has 0 heterocycles. The Balaban J connectivity index is 3.63. The Morgan fingerprint density at radius 3 is 1.36 bits per heavy atom. The molecule has 0 radical (unpaired) electrons. The fourth-order valence-corrected chi connectivity index (χ4v) is 3.61. The lowest BCUT2D eigenvalue weighted by atomic mass is 9.95. The first kappa shape index (κ1) is 26.9. The highest BCUT2D eigenvalue weighted by molar-refractivity contribution is 5.70. The molecule has 6 nitrogen and oxygen atoms in total. The van der Waals surface area contributed by atoms with Crippen LogP contribution in [-0.2, 0) is 9.59 Å². The normalized spacial score (nSPS) is 14.0. The molecule has 2 atom stereocenters. The molecule has 0 aromatic heterocycles. The van der Waals surface area contributed by atoms with E-state index in [-0.39, 0.29) is 11.8 Å². The monoisotopic (exact) mass is 402 g/mol. The maximum Gasteiger partial charge on any atom is 0.306 e. The molecule has 6 heteroatoms. The van der Waals surface area contributed by atoms with Gasteiger partial charge in [-0.05, 0) is 38.5 Å². The molecule has 166 valence electrons. The molecule has 0 saturated heterocycles. The molecule has 0 aromatic rings. The Bertz CT molecular complexity index is 421. The van der Waals surface area contributed by atoms with Crippen molar-refractivity contribution in [2.75, 3.05) is 0 Å². The molecular weight excluding hydrogens is 360 g/mol. The summed E-state index contributed by atoms with van der Waals surface area (Å²) in [5, 5.41) is 38.1. The van der Waals surface area contributed by atoms with Crippen molar-refractivity contribution in [3.05, 3.63) is 0 Å². The molecular formula is C22H42O6. The van der Waals surface area contributed by atoms with E-state index in [0.29, 0.717) is 44.9 Å². The number of carbonyl (C=O) groups is 2. The number of carboxylic acids is 2. The fourth-order valence-electron chi connectivity index (χ4n) is 3.61. The lowest BCUT2D eigenvalue weighted by molar-refractivity contribution is -0.172. The largest absolute Gasteiger partial charge is 0.481 e. The van der Waals surface area contributed by atoms with Crippen LogP contribution in [0.25, 0.3) is 0 Å². The van der Waals surface area contributed by atoms with E-state index in [2.05, 4.69) is 0 Å². The molecule has 0 fully saturated rings. The minimum absolute atomic E-state index is 0.209. The van der Waals surface area contributed by atoms with Crippen LogP contribution >= 0.6 is 0 Å². The molecule has 28 heavy (non-hydrogen) atoms. The van der Waals surface area contributed by atoms with Crippen molar-refractivity contribution in [1.29, 1.82) is 0 Å². The zero-order valence-electron chi connectivity index (χ0n) is 17.9. The van der Waals surface area contributed by atoms with E-state index in [1.807, 2.05) is 13.8 Å². The van der Waals surface area contributed by atoms with Crippen LogP contribution in [0.3, 0.4) is 0 Å². The highest BCUT2D eigenvalue weighted by Crippen LogP contribution is 2.22. The van der Waals surface area contributed by atoms with Crippen LogP contribution in [0.2, 0.25) is 0 Å². The number of aliphatic hydroxyl groups is 2. The van der Waals surface area contributed by atoms with E-state index in [1.54, 1.807) is 0 Å². The first-order valence-electron chi connectivity index (χ1n) is 11.1. The summed E-state index contributed by atoms with van der Waals surface area (Å²) in [6.45, 7) is 3.78. The zero-order valence-corrected chi connectivity index (χ0v) is 17.9. The average molecular weight is 403 g/mol. The number of aliphatic carboxylic acids is 2. The van der Waals surface area contributed by atoms with Gasteiger partial charge in [0.25, 0.3) is 0 Å². The summed E-state index contributed by atoms with van der Waals surface area (Å²) in [5.41, 5.74) is 0. The molecule has 0 spiro atoms. The highest BCUT2D eigenvalue weighted by atomic mass is 16.5. The number of hydrogen-bond acceptors (Lipinski definition) is 4. The summed E-state index contributed by atoms with van der Waals surface area (Å²) in [7, 11) is 0. The van der Waals surface area contributed by atoms with Gasteiger partial charge in [-0.2, -0.15) is 0 Å². The van der Waals surface area contributed by atoms with Crippen LogP contribution in [0.15, 0.2) is 0 Å². The number of rotatable bonds is 19. The maximum absolute atomic E-state index is 11.0. The predicted octanol–water partition coefficient (Wildman–Crippen LogP) is 4.96. The van der Waals surface area contributed by atoms with Crippen molar-refractivity contribution in [2.24, 2.45) is 11.8 Å². The van der Waals surface area contributed by atoms with Crippen LogP contribution in [0.5, 0.6) is 0 Å². The van der Waals surface area contributed by atoms with Crippen LogP contribution in [0.1, 0.15) is 110 Å². The minimum Gasteiger partial charge on any atom is -0.481 e. The van der Waals surface area contributed by atoms with Gasteiger partial charge >= 0.3 is 11.9 Å². The smallest absolute Gasteiger partial charge is 0.306 e. The van der Waals surface area contributed by atoms with Gasteiger partial charge in [0.15, 0.2) is 5.79 Å². The second-order valence-corrected chi connectivity index (χ2v) is 8.13. The SMILES string of the molecule is CCC(CCCCCCCCCC(O)(O)CCCCC(CC)C(=O)O)C(=O)O. The first-order chi connectivity index (χ1) is 13.2. The van der Waals surface area contributed by atoms with Crippen LogP contribution in [0, 0.1) is 11.8 Å². The van der Waals surface area contributed by atoms with E-state index in [9.17, 15) is 19.8 Å². The van der Waals surface area contributed by atoms with E-state index < -0.39 is 17.7 Å². The van der Waals surface area contributed by atoms with Crippen molar-refractivity contribution >= 4 is 11.9 Å². The third-order valence-electron chi connectivity index (χ3n) is 5.69. The van der Waals surface area contributed by atoms with Crippen molar-refractivity contribution < 1.29 is 30.0 Å². The fraction of sp³-hybridized carbons (Fsp3) is 0.909. The Morgan fingerprint density at radius 2 is 0.964 bits per heavy atom.